The van der Waals surface area contributed by atoms with E-state index in [-0.39, 0.29) is 5.41 Å². The van der Waals surface area contributed by atoms with Gasteiger partial charge in [0, 0.05) is 38.0 Å². The zero-order valence-electron chi connectivity index (χ0n) is 16.7. The molecule has 27 heavy (non-hydrogen) atoms. The molecule has 148 valence electrons. The topological polar surface area (TPSA) is 56.7 Å². The van der Waals surface area contributed by atoms with Gasteiger partial charge in [0.25, 0.3) is 0 Å². The Bertz CT molecular complexity index is 622. The minimum Gasteiger partial charge on any atom is -0.357 e. The van der Waals surface area contributed by atoms with Crippen LogP contribution in [-0.4, -0.2) is 49.5 Å². The van der Waals surface area contributed by atoms with Crippen LogP contribution in [0.2, 0.25) is 0 Å². The minimum absolute atomic E-state index is 0.186. The number of rotatable bonds is 8. The summed E-state index contributed by atoms with van der Waals surface area (Å²) in [4.78, 5) is 18.6. The minimum atomic E-state index is 0.186. The Hall–Kier alpha value is -2.04. The maximum atomic E-state index is 11.7. The second-order valence-corrected chi connectivity index (χ2v) is 7.81. The van der Waals surface area contributed by atoms with Gasteiger partial charge in [0.15, 0.2) is 5.96 Å². The Kier molecular flexibility index (Phi) is 7.13. The fourth-order valence-electron chi connectivity index (χ4n) is 4.37. The predicted octanol–water partition coefficient (Wildman–Crippen LogP) is 3.07. The third-order valence-corrected chi connectivity index (χ3v) is 5.90. The maximum Gasteiger partial charge on any atom is 0.222 e. The van der Waals surface area contributed by atoms with Crippen LogP contribution in [0.4, 0.5) is 0 Å². The molecule has 1 amide bonds. The van der Waals surface area contributed by atoms with E-state index in [4.69, 9.17) is 4.99 Å². The second-order valence-electron chi connectivity index (χ2n) is 7.81. The smallest absolute Gasteiger partial charge is 0.222 e. The van der Waals surface area contributed by atoms with Gasteiger partial charge in [-0.1, -0.05) is 43.2 Å². The van der Waals surface area contributed by atoms with E-state index in [0.717, 1.165) is 57.9 Å². The monoisotopic (exact) mass is 370 g/mol. The lowest BCUT2D eigenvalue weighted by Gasteiger charge is -2.28. The van der Waals surface area contributed by atoms with Crippen molar-refractivity contribution in [2.45, 2.75) is 57.3 Å². The molecule has 1 heterocycles. The Morgan fingerprint density at radius 3 is 2.59 bits per heavy atom. The van der Waals surface area contributed by atoms with Crippen molar-refractivity contribution < 1.29 is 4.79 Å². The molecule has 1 saturated heterocycles. The van der Waals surface area contributed by atoms with Crippen molar-refractivity contribution in [1.82, 2.24) is 15.5 Å². The van der Waals surface area contributed by atoms with Crippen LogP contribution in [0.1, 0.15) is 57.4 Å². The van der Waals surface area contributed by atoms with Crippen LogP contribution >= 0.6 is 0 Å². The normalized spacial score (nSPS) is 19.5. The van der Waals surface area contributed by atoms with Gasteiger partial charge in [-0.25, -0.2) is 0 Å². The molecule has 5 nitrogen and oxygen atoms in total. The van der Waals surface area contributed by atoms with Gasteiger partial charge < -0.3 is 15.5 Å². The first kappa shape index (κ1) is 19.7. The number of aliphatic imine (C=N–C) groups is 1. The molecule has 0 spiro atoms. The van der Waals surface area contributed by atoms with E-state index in [2.05, 4.69) is 47.9 Å². The molecule has 2 fully saturated rings. The first-order valence-corrected chi connectivity index (χ1v) is 10.6. The van der Waals surface area contributed by atoms with Crippen LogP contribution in [0.25, 0.3) is 0 Å². The highest BCUT2D eigenvalue weighted by atomic mass is 16.2. The number of carbonyl (C=O) groups excluding carboxylic acids is 1. The van der Waals surface area contributed by atoms with Gasteiger partial charge in [-0.05, 0) is 38.2 Å². The average Bonchev–Trinajstić information content (AvgIpc) is 3.34. The van der Waals surface area contributed by atoms with Gasteiger partial charge in [0.1, 0.15) is 0 Å². The first-order chi connectivity index (χ1) is 13.2. The number of benzene rings is 1. The van der Waals surface area contributed by atoms with Crippen molar-refractivity contribution in [2.75, 3.05) is 32.7 Å². The van der Waals surface area contributed by atoms with E-state index in [1.54, 1.807) is 0 Å². The fourth-order valence-corrected chi connectivity index (χ4v) is 4.37. The van der Waals surface area contributed by atoms with Gasteiger partial charge in [-0.3, -0.25) is 9.79 Å². The number of hydrogen-bond donors (Lipinski definition) is 2. The van der Waals surface area contributed by atoms with Crippen molar-refractivity contribution in [3.63, 3.8) is 0 Å². The third-order valence-electron chi connectivity index (χ3n) is 5.90. The quantitative estimate of drug-likeness (QED) is 0.420. The van der Waals surface area contributed by atoms with E-state index in [1.165, 1.54) is 31.2 Å². The highest BCUT2D eigenvalue weighted by Gasteiger charge is 2.35. The van der Waals surface area contributed by atoms with E-state index in [1.807, 2.05) is 4.90 Å². The number of nitrogens with zero attached hydrogens (tertiary/aromatic N) is 2. The second kappa shape index (κ2) is 9.77. The van der Waals surface area contributed by atoms with Crippen molar-refractivity contribution in [3.8, 4) is 0 Å². The molecular weight excluding hydrogens is 336 g/mol. The zero-order chi connectivity index (χ0) is 19.0. The summed E-state index contributed by atoms with van der Waals surface area (Å²) in [5.74, 6) is 1.20. The first-order valence-electron chi connectivity index (χ1n) is 10.6. The highest BCUT2D eigenvalue weighted by Crippen LogP contribution is 2.41. The summed E-state index contributed by atoms with van der Waals surface area (Å²) in [6, 6.07) is 10.9. The van der Waals surface area contributed by atoms with E-state index in [0.29, 0.717) is 5.91 Å². The standard InChI is InChI=1S/C22H34N4O/c1-2-23-21(24-15-9-17-26-16-8-12-20(26)27)25-18-22(13-6-7-14-22)19-10-4-3-5-11-19/h3-5,10-11H,2,6-9,12-18H2,1H3,(H2,23,24,25). The SMILES string of the molecule is CCNC(=NCC1(c2ccccc2)CCCC1)NCCCN1CCCC1=O. The molecule has 0 bridgehead atoms. The summed E-state index contributed by atoms with van der Waals surface area (Å²) >= 11 is 0. The van der Waals surface area contributed by atoms with Crippen LogP contribution in [0.15, 0.2) is 35.3 Å². The number of likely N-dealkylation sites (tertiary alicyclic amines) is 1. The summed E-state index contributed by atoms with van der Waals surface area (Å²) in [5, 5.41) is 6.82. The number of hydrogen-bond acceptors (Lipinski definition) is 2. The summed E-state index contributed by atoms with van der Waals surface area (Å²) in [6.07, 6.45) is 7.71. The van der Waals surface area contributed by atoms with Crippen LogP contribution < -0.4 is 10.6 Å². The van der Waals surface area contributed by atoms with Crippen LogP contribution in [0, 0.1) is 0 Å². The molecule has 0 unspecified atom stereocenters. The lowest BCUT2D eigenvalue weighted by atomic mass is 9.79. The number of guanidine groups is 1. The maximum absolute atomic E-state index is 11.7. The molecule has 1 aliphatic carbocycles. The van der Waals surface area contributed by atoms with Crippen molar-refractivity contribution >= 4 is 11.9 Å². The number of carbonyl (C=O) groups is 1. The van der Waals surface area contributed by atoms with Gasteiger partial charge >= 0.3 is 0 Å². The van der Waals surface area contributed by atoms with Crippen LogP contribution in [0.3, 0.4) is 0 Å². The van der Waals surface area contributed by atoms with Crippen molar-refractivity contribution in [3.05, 3.63) is 35.9 Å². The predicted molar refractivity (Wildman–Crippen MR) is 111 cm³/mol. The van der Waals surface area contributed by atoms with Crippen molar-refractivity contribution in [1.29, 1.82) is 0 Å². The lowest BCUT2D eigenvalue weighted by molar-refractivity contribution is -0.127. The molecule has 1 aromatic carbocycles. The van der Waals surface area contributed by atoms with E-state index >= 15 is 0 Å². The Balaban J connectivity index is 1.55. The summed E-state index contributed by atoms with van der Waals surface area (Å²) in [5.41, 5.74) is 1.61. The van der Waals surface area contributed by atoms with Gasteiger partial charge in [-0.15, -0.1) is 0 Å². The molecule has 0 radical (unpaired) electrons. The van der Waals surface area contributed by atoms with Gasteiger partial charge in [-0.2, -0.15) is 0 Å². The molecule has 1 aromatic rings. The molecule has 3 rings (SSSR count). The van der Waals surface area contributed by atoms with E-state index < -0.39 is 0 Å². The molecule has 5 heteroatoms. The summed E-state index contributed by atoms with van der Waals surface area (Å²) in [6.45, 7) is 6.40. The number of nitrogens with one attached hydrogen (secondary N) is 2. The van der Waals surface area contributed by atoms with Crippen LogP contribution in [0.5, 0.6) is 0 Å². The zero-order valence-corrected chi connectivity index (χ0v) is 16.7. The van der Waals surface area contributed by atoms with E-state index in [9.17, 15) is 4.79 Å². The Morgan fingerprint density at radius 1 is 1.15 bits per heavy atom. The molecule has 2 aliphatic rings. The number of amides is 1. The summed E-state index contributed by atoms with van der Waals surface area (Å²) in [7, 11) is 0. The molecular formula is C22H34N4O. The average molecular weight is 371 g/mol. The van der Waals surface area contributed by atoms with Gasteiger partial charge in [0.2, 0.25) is 5.91 Å². The highest BCUT2D eigenvalue weighted by molar-refractivity contribution is 5.80. The van der Waals surface area contributed by atoms with Crippen molar-refractivity contribution in [2.24, 2.45) is 4.99 Å². The molecule has 0 atom stereocenters. The fraction of sp³-hybridized carbons (Fsp3) is 0.636. The molecule has 1 aliphatic heterocycles. The third kappa shape index (κ3) is 5.24. The molecule has 0 aromatic heterocycles. The van der Waals surface area contributed by atoms with Crippen LogP contribution in [-0.2, 0) is 10.2 Å². The Morgan fingerprint density at radius 2 is 1.93 bits per heavy atom. The Labute approximate surface area is 163 Å². The van der Waals surface area contributed by atoms with Gasteiger partial charge in [0.05, 0.1) is 6.54 Å². The lowest BCUT2D eigenvalue weighted by Crippen LogP contribution is -2.40. The largest absolute Gasteiger partial charge is 0.357 e. The summed E-state index contributed by atoms with van der Waals surface area (Å²) < 4.78 is 0. The molecule has 2 N–H and O–H groups in total. The molecule has 1 saturated carbocycles.